The normalized spacial score (nSPS) is 27.4. The molecule has 0 spiro atoms. The number of hydrogen-bond acceptors (Lipinski definition) is 7. The van der Waals surface area contributed by atoms with Crippen LogP contribution in [0.15, 0.2) is 48.5 Å². The molecular formula is C21H26O6S. The molecule has 28 heavy (non-hydrogen) atoms. The topological polar surface area (TPSA) is 99.4 Å². The van der Waals surface area contributed by atoms with Crippen molar-refractivity contribution in [3.8, 4) is 11.5 Å². The Hall–Kier alpha value is -1.77. The highest BCUT2D eigenvalue weighted by atomic mass is 32.2. The molecule has 5 atom stereocenters. The van der Waals surface area contributed by atoms with Crippen LogP contribution in [-0.4, -0.2) is 62.6 Å². The zero-order valence-electron chi connectivity index (χ0n) is 15.6. The number of thioether (sulfide) groups is 1. The maximum Gasteiger partial charge on any atom is 0.173 e. The van der Waals surface area contributed by atoms with E-state index in [9.17, 15) is 20.4 Å². The molecule has 152 valence electrons. The summed E-state index contributed by atoms with van der Waals surface area (Å²) in [7, 11) is 0. The van der Waals surface area contributed by atoms with E-state index in [1.54, 1.807) is 0 Å². The lowest BCUT2D eigenvalue weighted by atomic mass is 10.0. The molecule has 2 aromatic rings. The second kappa shape index (κ2) is 9.62. The first kappa shape index (κ1) is 21.0. The number of para-hydroxylation sites is 1. The molecule has 1 aliphatic rings. The van der Waals surface area contributed by atoms with Gasteiger partial charge in [0, 0.05) is 6.42 Å². The minimum atomic E-state index is -1.37. The standard InChI is InChI=1S/C21H26O6S/c1-2-26-15-9-7-13(8-10-15)11-14-5-3-4-6-16(14)27-21-20(25)19(24)18(23)17(12-22)28-21/h3-10,17-25H,2,11-12H2,1H3/t17-,18-,19+,20-,21-/m1/s1. The molecule has 0 saturated carbocycles. The lowest BCUT2D eigenvalue weighted by molar-refractivity contribution is -0.0910. The number of aliphatic hydroxyl groups excluding tert-OH is 4. The minimum absolute atomic E-state index is 0.316. The van der Waals surface area contributed by atoms with Crippen molar-refractivity contribution in [2.24, 2.45) is 0 Å². The SMILES string of the molecule is CCOc1ccc(Cc2ccccc2O[C@@H]2S[C@H](CO)[C@@H](O)[C@H](O)[C@H]2O)cc1. The Kier molecular flexibility index (Phi) is 7.20. The zero-order valence-corrected chi connectivity index (χ0v) is 16.5. The number of benzene rings is 2. The predicted molar refractivity (Wildman–Crippen MR) is 108 cm³/mol. The van der Waals surface area contributed by atoms with Crippen molar-refractivity contribution in [1.29, 1.82) is 0 Å². The molecule has 0 aromatic heterocycles. The Bertz CT molecular complexity index is 751. The van der Waals surface area contributed by atoms with Gasteiger partial charge < -0.3 is 29.9 Å². The largest absolute Gasteiger partial charge is 0.494 e. The van der Waals surface area contributed by atoms with Crippen molar-refractivity contribution in [2.75, 3.05) is 13.2 Å². The van der Waals surface area contributed by atoms with Gasteiger partial charge in [-0.25, -0.2) is 0 Å². The first-order valence-corrected chi connectivity index (χ1v) is 10.2. The molecule has 0 radical (unpaired) electrons. The zero-order chi connectivity index (χ0) is 20.1. The molecule has 1 aliphatic heterocycles. The summed E-state index contributed by atoms with van der Waals surface area (Å²) >= 11 is 1.12. The van der Waals surface area contributed by atoms with Crippen molar-refractivity contribution in [3.63, 3.8) is 0 Å². The quantitative estimate of drug-likeness (QED) is 0.554. The molecule has 4 N–H and O–H groups in total. The first-order valence-electron chi connectivity index (χ1n) is 9.30. The number of rotatable bonds is 7. The van der Waals surface area contributed by atoms with E-state index in [1.807, 2.05) is 55.5 Å². The number of hydrogen-bond donors (Lipinski definition) is 4. The summed E-state index contributed by atoms with van der Waals surface area (Å²) in [6, 6.07) is 15.3. The Morgan fingerprint density at radius 2 is 1.64 bits per heavy atom. The fraction of sp³-hybridized carbons (Fsp3) is 0.429. The molecule has 2 aromatic carbocycles. The van der Waals surface area contributed by atoms with Gasteiger partial charge in [-0.3, -0.25) is 0 Å². The lowest BCUT2D eigenvalue weighted by Gasteiger charge is -2.39. The van der Waals surface area contributed by atoms with Gasteiger partial charge in [0.1, 0.15) is 23.7 Å². The Morgan fingerprint density at radius 3 is 2.32 bits per heavy atom. The van der Waals surface area contributed by atoms with Crippen molar-refractivity contribution in [1.82, 2.24) is 0 Å². The molecule has 7 heteroatoms. The van der Waals surface area contributed by atoms with Crippen LogP contribution >= 0.6 is 11.8 Å². The van der Waals surface area contributed by atoms with Crippen LogP contribution in [0.1, 0.15) is 18.1 Å². The third-order valence-electron chi connectivity index (χ3n) is 4.69. The number of ether oxygens (including phenoxy) is 2. The van der Waals surface area contributed by atoms with Gasteiger partial charge in [-0.05, 0) is 36.2 Å². The van der Waals surface area contributed by atoms with E-state index < -0.39 is 29.0 Å². The van der Waals surface area contributed by atoms with Crippen molar-refractivity contribution < 1.29 is 29.9 Å². The maximum absolute atomic E-state index is 10.3. The predicted octanol–water partition coefficient (Wildman–Crippen LogP) is 1.57. The molecule has 6 nitrogen and oxygen atoms in total. The Labute approximate surface area is 168 Å². The Balaban J connectivity index is 1.74. The summed E-state index contributed by atoms with van der Waals surface area (Å²) in [5, 5.41) is 39.1. The van der Waals surface area contributed by atoms with Crippen LogP contribution in [0.4, 0.5) is 0 Å². The second-order valence-corrected chi connectivity index (χ2v) is 8.02. The molecule has 0 unspecified atom stereocenters. The van der Waals surface area contributed by atoms with Crippen molar-refractivity contribution >= 4 is 11.8 Å². The third-order valence-corrected chi connectivity index (χ3v) is 6.11. The van der Waals surface area contributed by atoms with Gasteiger partial charge >= 0.3 is 0 Å². The van der Waals surface area contributed by atoms with Gasteiger partial charge in [0.05, 0.1) is 24.6 Å². The molecular weight excluding hydrogens is 380 g/mol. The summed E-state index contributed by atoms with van der Waals surface area (Å²) < 4.78 is 11.5. The van der Waals surface area contributed by atoms with Crippen molar-refractivity contribution in [3.05, 3.63) is 59.7 Å². The highest BCUT2D eigenvalue weighted by Crippen LogP contribution is 2.35. The van der Waals surface area contributed by atoms with E-state index in [4.69, 9.17) is 9.47 Å². The maximum atomic E-state index is 10.3. The van der Waals surface area contributed by atoms with Crippen LogP contribution in [0.3, 0.4) is 0 Å². The molecule has 0 aliphatic carbocycles. The molecule has 1 saturated heterocycles. The van der Waals surface area contributed by atoms with Gasteiger partial charge in [-0.15, -0.1) is 11.8 Å². The molecule has 1 fully saturated rings. The monoisotopic (exact) mass is 406 g/mol. The van der Waals surface area contributed by atoms with E-state index in [2.05, 4.69) is 0 Å². The highest BCUT2D eigenvalue weighted by molar-refractivity contribution is 8.00. The average Bonchev–Trinajstić information content (AvgIpc) is 2.71. The molecule has 0 amide bonds. The minimum Gasteiger partial charge on any atom is -0.494 e. The van der Waals surface area contributed by atoms with E-state index in [-0.39, 0.29) is 6.61 Å². The van der Waals surface area contributed by atoms with E-state index in [1.165, 1.54) is 0 Å². The summed E-state index contributed by atoms with van der Waals surface area (Å²) in [5.41, 5.74) is 1.22. The fourth-order valence-corrected chi connectivity index (χ4v) is 4.38. The molecule has 1 heterocycles. The molecule has 3 rings (SSSR count). The van der Waals surface area contributed by atoms with Crippen LogP contribution in [0, 0.1) is 0 Å². The smallest absolute Gasteiger partial charge is 0.173 e. The first-order chi connectivity index (χ1) is 13.5. The van der Waals surface area contributed by atoms with Gasteiger partial charge in [0.15, 0.2) is 5.44 Å². The summed E-state index contributed by atoms with van der Waals surface area (Å²) in [4.78, 5) is 0. The summed E-state index contributed by atoms with van der Waals surface area (Å²) in [6.07, 6.45) is -3.21. The Morgan fingerprint density at radius 1 is 0.929 bits per heavy atom. The van der Waals surface area contributed by atoms with Gasteiger partial charge in [-0.1, -0.05) is 30.3 Å². The van der Waals surface area contributed by atoms with Crippen molar-refractivity contribution in [2.45, 2.75) is 42.3 Å². The van der Waals surface area contributed by atoms with Crippen LogP contribution < -0.4 is 9.47 Å². The number of aliphatic hydroxyl groups is 4. The van der Waals surface area contributed by atoms with E-state index in [0.717, 1.165) is 28.6 Å². The third kappa shape index (κ3) is 4.79. The van der Waals surface area contributed by atoms with Crippen LogP contribution in [0.2, 0.25) is 0 Å². The van der Waals surface area contributed by atoms with Crippen LogP contribution in [0.5, 0.6) is 11.5 Å². The van der Waals surface area contributed by atoms with E-state index >= 15 is 0 Å². The highest BCUT2D eigenvalue weighted by Gasteiger charge is 2.44. The van der Waals surface area contributed by atoms with E-state index in [0.29, 0.717) is 18.8 Å². The lowest BCUT2D eigenvalue weighted by Crippen LogP contribution is -2.55. The summed E-state index contributed by atoms with van der Waals surface area (Å²) in [5.74, 6) is 1.41. The fourth-order valence-electron chi connectivity index (χ4n) is 3.14. The van der Waals surface area contributed by atoms with Gasteiger partial charge in [0.25, 0.3) is 0 Å². The van der Waals surface area contributed by atoms with Crippen LogP contribution in [-0.2, 0) is 6.42 Å². The molecule has 0 bridgehead atoms. The van der Waals surface area contributed by atoms with Gasteiger partial charge in [-0.2, -0.15) is 0 Å². The van der Waals surface area contributed by atoms with Gasteiger partial charge in [0.2, 0.25) is 0 Å². The second-order valence-electron chi connectivity index (χ2n) is 6.68. The van der Waals surface area contributed by atoms with Crippen LogP contribution in [0.25, 0.3) is 0 Å². The summed E-state index contributed by atoms with van der Waals surface area (Å²) in [6.45, 7) is 2.24. The average molecular weight is 407 g/mol.